The fourth-order valence-corrected chi connectivity index (χ4v) is 8.64. The summed E-state index contributed by atoms with van der Waals surface area (Å²) in [6, 6.07) is 16.5. The number of carboxylic acid groups (broad SMARTS) is 1. The number of hydrogen-bond acceptors (Lipinski definition) is 10. The maximum absolute atomic E-state index is 13.3. The van der Waals surface area contributed by atoms with Crippen molar-refractivity contribution in [2.24, 2.45) is 5.92 Å². The van der Waals surface area contributed by atoms with Gasteiger partial charge in [0.1, 0.15) is 16.1 Å². The second-order valence-electron chi connectivity index (χ2n) is 12.7. The largest absolute Gasteiger partial charge is 0.544 e. The van der Waals surface area contributed by atoms with Gasteiger partial charge < -0.3 is 29.4 Å². The summed E-state index contributed by atoms with van der Waals surface area (Å²) in [5, 5.41) is 26.6. The Balaban J connectivity index is 1.29. The Morgan fingerprint density at radius 2 is 1.72 bits per heavy atom. The first-order valence-electron chi connectivity index (χ1n) is 16.5. The Morgan fingerprint density at radius 1 is 1.02 bits per heavy atom. The Kier molecular flexibility index (Phi) is 11.5. The molecule has 0 spiro atoms. The molecule has 5 heterocycles. The molecule has 0 radical (unpaired) electrons. The van der Waals surface area contributed by atoms with Gasteiger partial charge in [-0.2, -0.15) is 0 Å². The van der Waals surface area contributed by atoms with Crippen molar-refractivity contribution < 1.29 is 38.8 Å². The molecule has 10 nitrogen and oxygen atoms in total. The molecular weight excluding hydrogens is 701 g/mol. The first-order chi connectivity index (χ1) is 24.1. The number of hydrogen-bond donors (Lipinski definition) is 2. The van der Waals surface area contributed by atoms with Crippen LogP contribution in [0.1, 0.15) is 68.0 Å². The summed E-state index contributed by atoms with van der Waals surface area (Å²) in [7, 11) is 3.06. The second kappa shape index (κ2) is 16.0. The molecule has 2 aromatic heterocycles. The minimum absolute atomic E-state index is 0.0556. The maximum Gasteiger partial charge on any atom is 0.308 e. The lowest BCUT2D eigenvalue weighted by Crippen LogP contribution is -2.52. The number of aromatic nitrogens is 1. The fourth-order valence-electron chi connectivity index (χ4n) is 7.02. The van der Waals surface area contributed by atoms with Crippen LogP contribution in [-0.2, 0) is 22.5 Å². The van der Waals surface area contributed by atoms with E-state index in [1.807, 2.05) is 42.5 Å². The molecular formula is C37H39Cl2N3O7S. The summed E-state index contributed by atoms with van der Waals surface area (Å²) in [4.78, 5) is 29.1. The van der Waals surface area contributed by atoms with Gasteiger partial charge in [0.25, 0.3) is 0 Å². The lowest BCUT2D eigenvalue weighted by Gasteiger charge is -2.44. The number of halogens is 2. The number of methoxy groups -OCH3 is 2. The van der Waals surface area contributed by atoms with Gasteiger partial charge in [0.15, 0.2) is 11.5 Å². The number of pyridine rings is 1. The fraction of sp³-hybridized carbons (Fsp3) is 0.378. The minimum atomic E-state index is -1.32. The second-order valence-corrected chi connectivity index (χ2v) is 14.6. The molecule has 3 saturated heterocycles. The molecule has 2 N–H and O–H groups in total. The molecule has 3 atom stereocenters. The topological polar surface area (TPSA) is 124 Å². The highest BCUT2D eigenvalue weighted by Crippen LogP contribution is 2.41. The average Bonchev–Trinajstić information content (AvgIpc) is 3.54. The van der Waals surface area contributed by atoms with Crippen LogP contribution in [0, 0.1) is 5.92 Å². The number of esters is 1. The highest BCUT2D eigenvalue weighted by atomic mass is 35.5. The molecule has 3 aliphatic heterocycles. The quantitative estimate of drug-likeness (QED) is 0.102. The Hall–Kier alpha value is -3.87. The maximum atomic E-state index is 13.3. The number of benzene rings is 2. The number of nitrogens with one attached hydrogen (secondary N) is 1. The molecule has 0 aliphatic carbocycles. The third kappa shape index (κ3) is 8.19. The molecule has 3 fully saturated rings. The van der Waals surface area contributed by atoms with Gasteiger partial charge in [0.2, 0.25) is 12.4 Å². The van der Waals surface area contributed by atoms with Gasteiger partial charge in [-0.1, -0.05) is 59.6 Å². The Labute approximate surface area is 305 Å². The normalized spacial score (nSPS) is 19.5. The van der Waals surface area contributed by atoms with Crippen molar-refractivity contribution in [3.05, 3.63) is 109 Å². The van der Waals surface area contributed by atoms with E-state index >= 15 is 0 Å². The van der Waals surface area contributed by atoms with Crippen LogP contribution in [0.3, 0.4) is 0 Å². The van der Waals surface area contributed by atoms with Crippen molar-refractivity contribution >= 4 is 46.5 Å². The van der Waals surface area contributed by atoms with Gasteiger partial charge in [0.05, 0.1) is 31.5 Å². The van der Waals surface area contributed by atoms with Crippen molar-refractivity contribution in [3.8, 4) is 11.5 Å². The number of carbonyl (C=O) groups is 2. The van der Waals surface area contributed by atoms with E-state index in [0.717, 1.165) is 64.5 Å². The SMILES string of the molecule is COc1ccc([C@H](Cc2c(Cl)c[n+](O)cc2Cl)c2cc(CNC(CC(=O)O[C@H]3CN4CCC3CC4)c3ccccc3)sc2C(=O)[O-])cc1OC. The number of carboxylic acids is 1. The lowest BCUT2D eigenvalue weighted by molar-refractivity contribution is -0.904. The summed E-state index contributed by atoms with van der Waals surface area (Å²) in [5.41, 5.74) is 2.69. The summed E-state index contributed by atoms with van der Waals surface area (Å²) >= 11 is 14.2. The summed E-state index contributed by atoms with van der Waals surface area (Å²) in [6.45, 7) is 3.19. The molecule has 7 rings (SSSR count). The van der Waals surface area contributed by atoms with Gasteiger partial charge in [-0.15, -0.1) is 11.3 Å². The van der Waals surface area contributed by atoms with Gasteiger partial charge in [-0.25, -0.2) is 0 Å². The van der Waals surface area contributed by atoms with E-state index < -0.39 is 11.9 Å². The van der Waals surface area contributed by atoms with Crippen molar-refractivity contribution in [3.63, 3.8) is 0 Å². The monoisotopic (exact) mass is 739 g/mol. The number of ether oxygens (including phenoxy) is 3. The number of fused-ring (bicyclic) bond motifs is 3. The molecule has 50 heavy (non-hydrogen) atoms. The Bertz CT molecular complexity index is 1810. The van der Waals surface area contributed by atoms with E-state index in [2.05, 4.69) is 10.2 Å². The van der Waals surface area contributed by atoms with Crippen LogP contribution in [0.5, 0.6) is 11.5 Å². The number of thiophene rings is 1. The van der Waals surface area contributed by atoms with Crippen LogP contribution in [0.2, 0.25) is 10.0 Å². The number of rotatable bonds is 14. The molecule has 1 unspecified atom stereocenters. The van der Waals surface area contributed by atoms with E-state index in [9.17, 15) is 19.9 Å². The zero-order valence-corrected chi connectivity index (χ0v) is 30.1. The van der Waals surface area contributed by atoms with Crippen molar-refractivity contribution in [1.82, 2.24) is 10.2 Å². The molecule has 13 heteroatoms. The average molecular weight is 741 g/mol. The smallest absolute Gasteiger partial charge is 0.308 e. The predicted octanol–water partition coefficient (Wildman–Crippen LogP) is 5.19. The van der Waals surface area contributed by atoms with Crippen molar-refractivity contribution in [1.29, 1.82) is 0 Å². The van der Waals surface area contributed by atoms with Crippen molar-refractivity contribution in [2.45, 2.75) is 50.3 Å². The van der Waals surface area contributed by atoms with E-state index in [0.29, 0.717) is 28.5 Å². The molecule has 4 aromatic rings. The lowest BCUT2D eigenvalue weighted by atomic mass is 9.85. The third-order valence-corrected chi connectivity index (χ3v) is 11.4. The summed E-state index contributed by atoms with van der Waals surface area (Å²) < 4.78 is 17.8. The number of nitrogens with zero attached hydrogens (tertiary/aromatic N) is 2. The van der Waals surface area contributed by atoms with Crippen LogP contribution < -0.4 is 24.6 Å². The zero-order valence-electron chi connectivity index (χ0n) is 27.8. The first kappa shape index (κ1) is 35.9. The van der Waals surface area contributed by atoms with Crippen LogP contribution in [0.25, 0.3) is 0 Å². The van der Waals surface area contributed by atoms with Crippen LogP contribution >= 0.6 is 34.5 Å². The molecule has 0 saturated carbocycles. The van der Waals surface area contributed by atoms with Crippen molar-refractivity contribution in [2.75, 3.05) is 33.9 Å². The van der Waals surface area contributed by atoms with Crippen LogP contribution in [-0.4, -0.2) is 62.0 Å². The van der Waals surface area contributed by atoms with Gasteiger partial charge >= 0.3 is 5.97 Å². The van der Waals surface area contributed by atoms with E-state index in [-0.39, 0.29) is 52.4 Å². The van der Waals surface area contributed by atoms with Gasteiger partial charge in [0, 0.05) is 40.2 Å². The molecule has 0 amide bonds. The van der Waals surface area contributed by atoms with Gasteiger partial charge in [-0.05, 0) is 73.2 Å². The van der Waals surface area contributed by atoms with Crippen LogP contribution in [0.4, 0.5) is 0 Å². The molecule has 3 aliphatic rings. The van der Waals surface area contributed by atoms with Gasteiger partial charge in [-0.3, -0.25) is 14.9 Å². The van der Waals surface area contributed by atoms with E-state index in [4.69, 9.17) is 37.4 Å². The number of piperidine rings is 3. The third-order valence-electron chi connectivity index (χ3n) is 9.63. The minimum Gasteiger partial charge on any atom is -0.544 e. The number of aromatic carboxylic acids is 1. The highest BCUT2D eigenvalue weighted by Gasteiger charge is 2.37. The molecule has 264 valence electrons. The van der Waals surface area contributed by atoms with Crippen LogP contribution in [0.15, 0.2) is 67.0 Å². The molecule has 2 aromatic carbocycles. The summed E-state index contributed by atoms with van der Waals surface area (Å²) in [6.07, 6.45) is 4.99. The van der Waals surface area contributed by atoms with E-state index in [1.165, 1.54) is 26.6 Å². The summed E-state index contributed by atoms with van der Waals surface area (Å²) in [5.74, 6) is -0.748. The predicted molar refractivity (Wildman–Crippen MR) is 187 cm³/mol. The molecule has 2 bridgehead atoms. The van der Waals surface area contributed by atoms with E-state index in [1.54, 1.807) is 12.1 Å². The zero-order chi connectivity index (χ0) is 35.4. The first-order valence-corrected chi connectivity index (χ1v) is 18.0. The standard InChI is InChI=1S/C37H39Cl2N3O7S/c1-47-32-9-8-24(14-33(32)48-2)26(16-28-29(38)19-42(46)20-30(28)39)27-15-25(50-36(27)37(44)45)18-40-31(22-6-4-3-5-7-22)17-35(43)49-34-21-41-12-10-23(34)11-13-41/h3-9,14-15,19-20,23,26,31,34,40H,10-13,16-18,21H2,1-2H3,(H-,44,45,46)/t26-,31?,34-/m0/s1. The Morgan fingerprint density at radius 3 is 2.34 bits per heavy atom. The number of carbonyl (C=O) groups excluding carboxylic acids is 2. The highest BCUT2D eigenvalue weighted by molar-refractivity contribution is 7.14.